The number of ether oxygens (including phenoxy) is 4. The van der Waals surface area contributed by atoms with Gasteiger partial charge in [0.15, 0.2) is 6.10 Å². The molecule has 1 saturated carbocycles. The van der Waals surface area contributed by atoms with Crippen LogP contribution in [0.15, 0.2) is 0 Å². The quantitative estimate of drug-likeness (QED) is 0.384. The molecule has 156 valence electrons. The number of esters is 2. The molecular formula is C12H13F5O9S. The van der Waals surface area contributed by atoms with E-state index in [1.165, 1.54) is 0 Å². The number of carbonyl (C=O) groups excluding carboxylic acids is 2. The summed E-state index contributed by atoms with van der Waals surface area (Å²) in [5.41, 5.74) is 0. The van der Waals surface area contributed by atoms with Crippen molar-refractivity contribution in [3.63, 3.8) is 0 Å². The second-order valence-corrected chi connectivity index (χ2v) is 7.20. The van der Waals surface area contributed by atoms with Crippen molar-refractivity contribution in [3.05, 3.63) is 0 Å². The summed E-state index contributed by atoms with van der Waals surface area (Å²) >= 11 is 0. The van der Waals surface area contributed by atoms with E-state index in [4.69, 9.17) is 14.0 Å². The first-order chi connectivity index (χ1) is 12.2. The van der Waals surface area contributed by atoms with Gasteiger partial charge in [0.25, 0.3) is 0 Å². The summed E-state index contributed by atoms with van der Waals surface area (Å²) in [7, 11) is -6.07. The summed E-state index contributed by atoms with van der Waals surface area (Å²) in [6.45, 7) is -1.25. The zero-order chi connectivity index (χ0) is 20.7. The summed E-state index contributed by atoms with van der Waals surface area (Å²) < 4.78 is 111. The Labute approximate surface area is 148 Å². The minimum absolute atomic E-state index is 0.00783. The van der Waals surface area contributed by atoms with Crippen LogP contribution in [0.25, 0.3) is 0 Å². The number of halogens is 5. The van der Waals surface area contributed by atoms with Crippen molar-refractivity contribution in [1.82, 2.24) is 0 Å². The summed E-state index contributed by atoms with van der Waals surface area (Å²) in [6, 6.07) is 0. The first-order valence-electron chi connectivity index (χ1n) is 7.31. The topological polar surface area (TPSA) is 125 Å². The second-order valence-electron chi connectivity index (χ2n) is 5.74. The van der Waals surface area contributed by atoms with E-state index in [1.807, 2.05) is 0 Å². The largest absolute Gasteiger partial charge is 0.490 e. The summed E-state index contributed by atoms with van der Waals surface area (Å²) in [6.07, 6.45) is -7.79. The Bertz CT molecular complexity index is 707. The molecule has 27 heavy (non-hydrogen) atoms. The minimum Gasteiger partial charge on any atom is -0.456 e. The van der Waals surface area contributed by atoms with Crippen LogP contribution < -0.4 is 0 Å². The fraction of sp³-hybridized carbons (Fsp3) is 0.833. The molecule has 1 spiro atoms. The molecule has 1 N–H and O–H groups in total. The predicted octanol–water partition coefficient (Wildman–Crippen LogP) is 0.780. The average molecular weight is 428 g/mol. The van der Waals surface area contributed by atoms with Gasteiger partial charge in [0.1, 0.15) is 12.7 Å². The van der Waals surface area contributed by atoms with E-state index in [0.717, 1.165) is 0 Å². The van der Waals surface area contributed by atoms with Crippen molar-refractivity contribution >= 4 is 22.1 Å². The van der Waals surface area contributed by atoms with Gasteiger partial charge in [-0.05, 0) is 12.8 Å². The Kier molecular flexibility index (Phi) is 5.71. The molecule has 0 amide bonds. The molecule has 1 saturated heterocycles. The van der Waals surface area contributed by atoms with Gasteiger partial charge in [-0.3, -0.25) is 4.55 Å². The van der Waals surface area contributed by atoms with E-state index >= 15 is 0 Å². The van der Waals surface area contributed by atoms with Gasteiger partial charge in [0.2, 0.25) is 5.79 Å². The zero-order valence-electron chi connectivity index (χ0n) is 13.2. The average Bonchev–Trinajstić information content (AvgIpc) is 3.10. The highest BCUT2D eigenvalue weighted by atomic mass is 32.2. The Hall–Kier alpha value is -1.58. The van der Waals surface area contributed by atoms with E-state index in [0.29, 0.717) is 0 Å². The summed E-state index contributed by atoms with van der Waals surface area (Å²) in [5.74, 6) is -6.83. The third-order valence-electron chi connectivity index (χ3n) is 3.80. The molecule has 9 nitrogen and oxygen atoms in total. The van der Waals surface area contributed by atoms with E-state index in [9.17, 15) is 40.0 Å². The van der Waals surface area contributed by atoms with E-state index in [1.54, 1.807) is 0 Å². The molecule has 0 aromatic heterocycles. The van der Waals surface area contributed by atoms with E-state index < -0.39 is 64.7 Å². The third kappa shape index (κ3) is 4.47. The van der Waals surface area contributed by atoms with Crippen molar-refractivity contribution in [2.24, 2.45) is 0 Å². The summed E-state index contributed by atoms with van der Waals surface area (Å²) in [5, 5.41) is -5.23. The molecule has 1 aliphatic heterocycles. The van der Waals surface area contributed by atoms with Crippen molar-refractivity contribution in [2.75, 3.05) is 13.2 Å². The lowest BCUT2D eigenvalue weighted by Crippen LogP contribution is -2.47. The van der Waals surface area contributed by atoms with Crippen LogP contribution in [0.3, 0.4) is 0 Å². The van der Waals surface area contributed by atoms with Crippen LogP contribution in [0, 0.1) is 0 Å². The summed E-state index contributed by atoms with van der Waals surface area (Å²) in [4.78, 5) is 22.1. The standard InChI is InChI=1S/C12H13F5O9S/c13-11(14,15)8(18)23-4-6-5-24-10(26-6)3-1-2-7(10)25-9(19)12(16,17)27(20,21)22/h6-7H,1-5H2,(H,20,21,22). The van der Waals surface area contributed by atoms with E-state index in [2.05, 4.69) is 9.47 Å². The fourth-order valence-corrected chi connectivity index (χ4v) is 2.84. The van der Waals surface area contributed by atoms with Gasteiger partial charge in [-0.1, -0.05) is 0 Å². The van der Waals surface area contributed by atoms with Crippen LogP contribution >= 0.6 is 0 Å². The Morgan fingerprint density at radius 3 is 2.37 bits per heavy atom. The Balaban J connectivity index is 2.00. The van der Waals surface area contributed by atoms with Crippen molar-refractivity contribution in [3.8, 4) is 0 Å². The first kappa shape index (κ1) is 21.7. The molecule has 0 aromatic rings. The molecule has 2 rings (SSSR count). The maximum Gasteiger partial charge on any atom is 0.490 e. The second kappa shape index (κ2) is 7.10. The highest BCUT2D eigenvalue weighted by Gasteiger charge is 2.59. The van der Waals surface area contributed by atoms with Crippen LogP contribution in [0.4, 0.5) is 22.0 Å². The molecule has 1 aliphatic carbocycles. The molecular weight excluding hydrogens is 415 g/mol. The molecule has 0 aromatic carbocycles. The fourth-order valence-electron chi connectivity index (χ4n) is 2.58. The number of hydrogen-bond acceptors (Lipinski definition) is 8. The van der Waals surface area contributed by atoms with Gasteiger partial charge in [-0.25, -0.2) is 9.59 Å². The monoisotopic (exact) mass is 428 g/mol. The first-order valence-corrected chi connectivity index (χ1v) is 8.75. The molecule has 3 unspecified atom stereocenters. The van der Waals surface area contributed by atoms with Crippen LogP contribution in [-0.2, 0) is 38.7 Å². The van der Waals surface area contributed by atoms with Gasteiger partial charge >= 0.3 is 33.5 Å². The number of hydrogen-bond donors (Lipinski definition) is 1. The predicted molar refractivity (Wildman–Crippen MR) is 70.8 cm³/mol. The number of carbonyl (C=O) groups is 2. The number of rotatable bonds is 5. The smallest absolute Gasteiger partial charge is 0.456 e. The molecule has 2 aliphatic rings. The molecule has 0 radical (unpaired) electrons. The Morgan fingerprint density at radius 1 is 1.19 bits per heavy atom. The van der Waals surface area contributed by atoms with Gasteiger partial charge in [0.05, 0.1) is 6.61 Å². The lowest BCUT2D eigenvalue weighted by molar-refractivity contribution is -0.235. The number of alkyl halides is 5. The third-order valence-corrected chi connectivity index (χ3v) is 4.62. The van der Waals surface area contributed by atoms with Gasteiger partial charge in [0, 0.05) is 6.42 Å². The van der Waals surface area contributed by atoms with Crippen LogP contribution in [0.2, 0.25) is 0 Å². The minimum atomic E-state index is -6.07. The van der Waals surface area contributed by atoms with Gasteiger partial charge < -0.3 is 18.9 Å². The molecule has 2 fully saturated rings. The van der Waals surface area contributed by atoms with Gasteiger partial charge in [-0.15, -0.1) is 0 Å². The van der Waals surface area contributed by atoms with Crippen molar-refractivity contribution < 1.29 is 63.5 Å². The molecule has 0 bridgehead atoms. The molecule has 15 heteroatoms. The van der Waals surface area contributed by atoms with E-state index in [-0.39, 0.29) is 19.3 Å². The maximum atomic E-state index is 13.3. The highest BCUT2D eigenvalue weighted by molar-refractivity contribution is 7.87. The molecule has 1 heterocycles. The Morgan fingerprint density at radius 2 is 1.81 bits per heavy atom. The normalized spacial score (nSPS) is 29.1. The van der Waals surface area contributed by atoms with Gasteiger partial charge in [-0.2, -0.15) is 30.4 Å². The highest BCUT2D eigenvalue weighted by Crippen LogP contribution is 2.42. The lowest BCUT2D eigenvalue weighted by Gasteiger charge is -2.30. The van der Waals surface area contributed by atoms with Crippen molar-refractivity contribution in [1.29, 1.82) is 0 Å². The zero-order valence-corrected chi connectivity index (χ0v) is 14.0. The van der Waals surface area contributed by atoms with Crippen molar-refractivity contribution in [2.45, 2.75) is 48.7 Å². The van der Waals surface area contributed by atoms with Crippen LogP contribution in [0.5, 0.6) is 0 Å². The van der Waals surface area contributed by atoms with Crippen LogP contribution in [0.1, 0.15) is 19.3 Å². The SMILES string of the molecule is O=C(OCC1COC2(CCCC2OC(=O)C(F)(F)S(=O)(=O)O)O1)C(F)(F)F. The molecule has 3 atom stereocenters. The van der Waals surface area contributed by atoms with Crippen LogP contribution in [-0.4, -0.2) is 67.5 Å². The maximum absolute atomic E-state index is 13.3. The lowest BCUT2D eigenvalue weighted by atomic mass is 10.2.